The number of rotatable bonds is 1. The third-order valence-corrected chi connectivity index (χ3v) is 4.74. The highest BCUT2D eigenvalue weighted by Crippen LogP contribution is 2.50. The van der Waals surface area contributed by atoms with Crippen molar-refractivity contribution in [1.82, 2.24) is 0 Å². The molecule has 2 atom stereocenters. The minimum Gasteiger partial charge on any atom is -0.497 e. The van der Waals surface area contributed by atoms with Crippen molar-refractivity contribution in [3.8, 4) is 11.5 Å². The molecule has 3 heteroatoms. The second-order valence-corrected chi connectivity index (χ2v) is 5.93. The number of methoxy groups -OCH3 is 1. The van der Waals surface area contributed by atoms with Gasteiger partial charge in [-0.1, -0.05) is 24.3 Å². The summed E-state index contributed by atoms with van der Waals surface area (Å²) in [7, 11) is 1.66. The van der Waals surface area contributed by atoms with Crippen LogP contribution >= 0.6 is 0 Å². The van der Waals surface area contributed by atoms with Gasteiger partial charge in [-0.15, -0.1) is 0 Å². The average Bonchev–Trinajstić information content (AvgIpc) is 2.53. The molecule has 2 aromatic rings. The number of hydrogen-bond donors (Lipinski definition) is 1. The molecule has 0 bridgehead atoms. The van der Waals surface area contributed by atoms with E-state index in [9.17, 15) is 5.11 Å². The smallest absolute Gasteiger partial charge is 0.123 e. The Bertz CT molecular complexity index is 695. The number of fused-ring (bicyclic) bond motifs is 5. The zero-order chi connectivity index (χ0) is 14.4. The lowest BCUT2D eigenvalue weighted by molar-refractivity contribution is -0.0428. The van der Waals surface area contributed by atoms with Crippen LogP contribution in [-0.4, -0.2) is 24.4 Å². The average molecular weight is 282 g/mol. The maximum Gasteiger partial charge on any atom is 0.123 e. The van der Waals surface area contributed by atoms with Crippen LogP contribution in [0.1, 0.15) is 29.0 Å². The van der Waals surface area contributed by atoms with Crippen molar-refractivity contribution in [3.63, 3.8) is 0 Å². The molecule has 0 spiro atoms. The molecule has 0 saturated carbocycles. The zero-order valence-corrected chi connectivity index (χ0v) is 12.0. The summed E-state index contributed by atoms with van der Waals surface area (Å²) in [5.74, 6) is 1.60. The fourth-order valence-corrected chi connectivity index (χ4v) is 3.65. The van der Waals surface area contributed by atoms with Crippen LogP contribution in [-0.2, 0) is 6.42 Å². The van der Waals surface area contributed by atoms with Gasteiger partial charge in [0.1, 0.15) is 23.7 Å². The van der Waals surface area contributed by atoms with Crippen LogP contribution < -0.4 is 9.47 Å². The Hall–Kier alpha value is -2.00. The Morgan fingerprint density at radius 2 is 2.05 bits per heavy atom. The first-order valence-electron chi connectivity index (χ1n) is 7.32. The molecule has 1 N–H and O–H groups in total. The molecule has 0 unspecified atom stereocenters. The molecule has 1 aliphatic heterocycles. The van der Waals surface area contributed by atoms with Gasteiger partial charge in [-0.2, -0.15) is 0 Å². The van der Waals surface area contributed by atoms with E-state index in [1.54, 1.807) is 7.11 Å². The highest BCUT2D eigenvalue weighted by molar-refractivity contribution is 5.52. The van der Waals surface area contributed by atoms with Crippen molar-refractivity contribution >= 4 is 0 Å². The summed E-state index contributed by atoms with van der Waals surface area (Å²) in [4.78, 5) is 0. The van der Waals surface area contributed by atoms with E-state index in [0.29, 0.717) is 6.61 Å². The second-order valence-electron chi connectivity index (χ2n) is 5.93. The van der Waals surface area contributed by atoms with E-state index < -0.39 is 5.60 Å². The first kappa shape index (κ1) is 12.7. The predicted molar refractivity (Wildman–Crippen MR) is 80.0 cm³/mol. The van der Waals surface area contributed by atoms with E-state index in [4.69, 9.17) is 9.47 Å². The molecule has 108 valence electrons. The van der Waals surface area contributed by atoms with Crippen LogP contribution in [0.25, 0.3) is 0 Å². The summed E-state index contributed by atoms with van der Waals surface area (Å²) in [5.41, 5.74) is 2.73. The largest absolute Gasteiger partial charge is 0.497 e. The van der Waals surface area contributed by atoms with E-state index in [1.165, 1.54) is 11.1 Å². The van der Waals surface area contributed by atoms with E-state index in [-0.39, 0.29) is 5.92 Å². The van der Waals surface area contributed by atoms with Gasteiger partial charge in [0.15, 0.2) is 0 Å². The first-order chi connectivity index (χ1) is 10.2. The Kier molecular flexibility index (Phi) is 2.73. The summed E-state index contributed by atoms with van der Waals surface area (Å²) in [5, 5.41) is 11.1. The minimum atomic E-state index is -0.826. The number of ether oxygens (including phenoxy) is 2. The van der Waals surface area contributed by atoms with Crippen molar-refractivity contribution in [1.29, 1.82) is 0 Å². The Morgan fingerprint density at radius 1 is 1.19 bits per heavy atom. The molecular weight excluding hydrogens is 264 g/mol. The molecule has 1 aliphatic carbocycles. The quantitative estimate of drug-likeness (QED) is 0.874. The van der Waals surface area contributed by atoms with Gasteiger partial charge < -0.3 is 14.6 Å². The maximum absolute atomic E-state index is 11.1. The molecular formula is C18H18O3. The number of aryl methyl sites for hydroxylation is 1. The van der Waals surface area contributed by atoms with Crippen molar-refractivity contribution < 1.29 is 14.6 Å². The highest BCUT2D eigenvalue weighted by Gasteiger charge is 2.47. The normalized spacial score (nSPS) is 26.1. The van der Waals surface area contributed by atoms with Gasteiger partial charge in [0.25, 0.3) is 0 Å². The van der Waals surface area contributed by atoms with Crippen molar-refractivity contribution in [3.05, 3.63) is 59.2 Å². The van der Waals surface area contributed by atoms with Gasteiger partial charge in [-0.3, -0.25) is 0 Å². The van der Waals surface area contributed by atoms with Gasteiger partial charge in [-0.25, -0.2) is 0 Å². The summed E-state index contributed by atoms with van der Waals surface area (Å²) in [6, 6.07) is 14.2. The van der Waals surface area contributed by atoms with Crippen LogP contribution in [0.3, 0.4) is 0 Å². The van der Waals surface area contributed by atoms with Gasteiger partial charge >= 0.3 is 0 Å². The van der Waals surface area contributed by atoms with Crippen molar-refractivity contribution in [2.75, 3.05) is 13.7 Å². The fourth-order valence-electron chi connectivity index (χ4n) is 3.65. The predicted octanol–water partition coefficient (Wildman–Crippen LogP) is 2.90. The summed E-state index contributed by atoms with van der Waals surface area (Å²) in [6.07, 6.45) is 1.62. The lowest BCUT2D eigenvalue weighted by atomic mass is 9.68. The third-order valence-electron chi connectivity index (χ3n) is 4.74. The second kappa shape index (κ2) is 4.50. The van der Waals surface area contributed by atoms with E-state index in [2.05, 4.69) is 18.2 Å². The molecule has 0 amide bonds. The van der Waals surface area contributed by atoms with Crippen LogP contribution in [0, 0.1) is 0 Å². The molecule has 0 radical (unpaired) electrons. The Labute approximate surface area is 124 Å². The molecule has 0 aromatic heterocycles. The number of aliphatic hydroxyl groups is 1. The van der Waals surface area contributed by atoms with Gasteiger partial charge in [0, 0.05) is 11.5 Å². The monoisotopic (exact) mass is 282 g/mol. The SMILES string of the molecule is COc1ccc2c(c1)[C@@H]1c3ccccc3CC[C@@]1(O)CO2. The van der Waals surface area contributed by atoms with Crippen molar-refractivity contribution in [2.45, 2.75) is 24.4 Å². The van der Waals surface area contributed by atoms with Crippen molar-refractivity contribution in [2.24, 2.45) is 0 Å². The summed E-state index contributed by atoms with van der Waals surface area (Å²) < 4.78 is 11.1. The summed E-state index contributed by atoms with van der Waals surface area (Å²) in [6.45, 7) is 0.353. The maximum atomic E-state index is 11.1. The molecule has 3 nitrogen and oxygen atoms in total. The molecule has 2 aromatic carbocycles. The van der Waals surface area contributed by atoms with Crippen LogP contribution in [0.5, 0.6) is 11.5 Å². The molecule has 4 rings (SSSR count). The molecule has 2 aliphatic rings. The van der Waals surface area contributed by atoms with Crippen LogP contribution in [0.2, 0.25) is 0 Å². The number of benzene rings is 2. The van der Waals surface area contributed by atoms with E-state index in [1.807, 2.05) is 24.3 Å². The minimum absolute atomic E-state index is 0.0405. The van der Waals surface area contributed by atoms with Crippen LogP contribution in [0.15, 0.2) is 42.5 Å². The van der Waals surface area contributed by atoms with Crippen LogP contribution in [0.4, 0.5) is 0 Å². The lowest BCUT2D eigenvalue weighted by Crippen LogP contribution is -2.48. The molecule has 1 heterocycles. The van der Waals surface area contributed by atoms with Gasteiger partial charge in [0.2, 0.25) is 0 Å². The first-order valence-corrected chi connectivity index (χ1v) is 7.32. The lowest BCUT2D eigenvalue weighted by Gasteiger charge is -2.45. The molecule has 21 heavy (non-hydrogen) atoms. The molecule has 0 saturated heterocycles. The zero-order valence-electron chi connectivity index (χ0n) is 12.0. The third kappa shape index (κ3) is 1.84. The van der Waals surface area contributed by atoms with E-state index >= 15 is 0 Å². The number of hydrogen-bond acceptors (Lipinski definition) is 3. The van der Waals surface area contributed by atoms with Gasteiger partial charge in [0.05, 0.1) is 7.11 Å². The summed E-state index contributed by atoms with van der Waals surface area (Å²) >= 11 is 0. The Balaban J connectivity index is 1.94. The topological polar surface area (TPSA) is 38.7 Å². The van der Waals surface area contributed by atoms with Gasteiger partial charge in [-0.05, 0) is 42.2 Å². The molecule has 0 fully saturated rings. The highest BCUT2D eigenvalue weighted by atomic mass is 16.5. The van der Waals surface area contributed by atoms with E-state index in [0.717, 1.165) is 29.9 Å². The fraction of sp³-hybridized carbons (Fsp3) is 0.333. The standard InChI is InChI=1S/C18H18O3/c1-20-13-6-7-16-15(10-13)17-14-5-3-2-4-12(14)8-9-18(17,19)11-21-16/h2-7,10,17,19H,8-9,11H2,1H3/t17-,18+/m0/s1. The Morgan fingerprint density at radius 3 is 2.90 bits per heavy atom.